The topological polar surface area (TPSA) is 67.6 Å². The molecule has 2 aliphatic heterocycles. The van der Waals surface area contributed by atoms with Gasteiger partial charge in [0.1, 0.15) is 0 Å². The van der Waals surface area contributed by atoms with Crippen LogP contribution >= 0.6 is 0 Å². The molecule has 6 heteroatoms. The lowest BCUT2D eigenvalue weighted by Gasteiger charge is -2.23. The molecule has 0 aliphatic carbocycles. The Hall–Kier alpha value is -1.56. The van der Waals surface area contributed by atoms with Crippen molar-refractivity contribution in [2.45, 2.75) is 57.6 Å². The average Bonchev–Trinajstić information content (AvgIpc) is 3.23. The van der Waals surface area contributed by atoms with E-state index in [-0.39, 0.29) is 18.2 Å². The molecule has 3 rings (SSSR count). The highest BCUT2D eigenvalue weighted by atomic mass is 16.5. The summed E-state index contributed by atoms with van der Waals surface area (Å²) in [5, 5.41) is 7.11. The Morgan fingerprint density at radius 1 is 1.45 bits per heavy atom. The number of nitrogens with zero attached hydrogens (tertiary/aromatic N) is 2. The molecule has 0 aromatic carbocycles. The standard InChI is InChI=1S/C16H25N3O3/c1-11(2)13-9-15(22-18-13)14-6-3-7-19(14)16(20)17-10-12-5-4-8-21-12/h9,11-12,14H,3-8,10H2,1-2H3,(H,17,20)/t12-,14+/m1/s1. The zero-order valence-corrected chi connectivity index (χ0v) is 13.4. The lowest BCUT2D eigenvalue weighted by atomic mass is 10.1. The van der Waals surface area contributed by atoms with E-state index in [1.807, 2.05) is 11.0 Å². The summed E-state index contributed by atoms with van der Waals surface area (Å²) in [5.74, 6) is 1.13. The van der Waals surface area contributed by atoms with Gasteiger partial charge in [0.05, 0.1) is 17.8 Å². The summed E-state index contributed by atoms with van der Waals surface area (Å²) < 4.78 is 11.0. The lowest BCUT2D eigenvalue weighted by molar-refractivity contribution is 0.108. The molecule has 1 N–H and O–H groups in total. The van der Waals surface area contributed by atoms with Crippen molar-refractivity contribution in [2.24, 2.45) is 0 Å². The summed E-state index contributed by atoms with van der Waals surface area (Å²) in [7, 11) is 0. The number of amides is 2. The van der Waals surface area contributed by atoms with Gasteiger partial charge in [0.25, 0.3) is 0 Å². The first-order chi connectivity index (χ1) is 10.6. The van der Waals surface area contributed by atoms with Gasteiger partial charge in [-0.3, -0.25) is 0 Å². The van der Waals surface area contributed by atoms with Crippen molar-refractivity contribution in [1.29, 1.82) is 0 Å². The van der Waals surface area contributed by atoms with E-state index in [9.17, 15) is 4.79 Å². The van der Waals surface area contributed by atoms with Crippen LogP contribution < -0.4 is 5.32 Å². The van der Waals surface area contributed by atoms with Crippen molar-refractivity contribution in [1.82, 2.24) is 15.4 Å². The number of carbonyl (C=O) groups excluding carboxylic acids is 1. The van der Waals surface area contributed by atoms with Gasteiger partial charge in [0.2, 0.25) is 0 Å². The Bertz CT molecular complexity index is 508. The van der Waals surface area contributed by atoms with E-state index in [1.54, 1.807) is 0 Å². The number of ether oxygens (including phenoxy) is 1. The largest absolute Gasteiger partial charge is 0.376 e. The molecule has 2 aliphatic rings. The Balaban J connectivity index is 1.60. The van der Waals surface area contributed by atoms with Crippen molar-refractivity contribution >= 4 is 6.03 Å². The van der Waals surface area contributed by atoms with Crippen LogP contribution in [0.5, 0.6) is 0 Å². The third-order valence-electron chi connectivity index (χ3n) is 4.49. The second-order valence-electron chi connectivity index (χ2n) is 6.48. The van der Waals surface area contributed by atoms with Crippen LogP contribution in [0, 0.1) is 0 Å². The molecule has 0 unspecified atom stereocenters. The maximum Gasteiger partial charge on any atom is 0.318 e. The third kappa shape index (κ3) is 3.27. The first-order valence-electron chi connectivity index (χ1n) is 8.27. The van der Waals surface area contributed by atoms with Crippen molar-refractivity contribution < 1.29 is 14.1 Å². The van der Waals surface area contributed by atoms with Gasteiger partial charge in [-0.2, -0.15) is 0 Å². The zero-order valence-electron chi connectivity index (χ0n) is 13.4. The van der Waals surface area contributed by atoms with Gasteiger partial charge in [0.15, 0.2) is 5.76 Å². The highest BCUT2D eigenvalue weighted by Gasteiger charge is 2.33. The molecule has 0 radical (unpaired) electrons. The van der Waals surface area contributed by atoms with Crippen LogP contribution in [-0.2, 0) is 4.74 Å². The summed E-state index contributed by atoms with van der Waals surface area (Å²) in [4.78, 5) is 14.3. The lowest BCUT2D eigenvalue weighted by Crippen LogP contribution is -2.42. The molecule has 2 saturated heterocycles. The monoisotopic (exact) mass is 307 g/mol. The van der Waals surface area contributed by atoms with Gasteiger partial charge in [-0.15, -0.1) is 0 Å². The van der Waals surface area contributed by atoms with E-state index in [0.717, 1.165) is 50.3 Å². The fourth-order valence-electron chi connectivity index (χ4n) is 3.15. The molecule has 1 aromatic rings. The summed E-state index contributed by atoms with van der Waals surface area (Å²) in [6.07, 6.45) is 4.21. The highest BCUT2D eigenvalue weighted by Crippen LogP contribution is 2.33. The summed E-state index contributed by atoms with van der Waals surface area (Å²) in [5.41, 5.74) is 0.946. The van der Waals surface area contributed by atoms with E-state index in [2.05, 4.69) is 24.3 Å². The third-order valence-corrected chi connectivity index (χ3v) is 4.49. The van der Waals surface area contributed by atoms with Gasteiger partial charge < -0.3 is 19.5 Å². The van der Waals surface area contributed by atoms with Crippen molar-refractivity contribution in [3.8, 4) is 0 Å². The Kier molecular flexibility index (Phi) is 4.66. The van der Waals surface area contributed by atoms with Crippen molar-refractivity contribution in [3.05, 3.63) is 17.5 Å². The molecule has 22 heavy (non-hydrogen) atoms. The molecule has 2 amide bonds. The summed E-state index contributed by atoms with van der Waals surface area (Å²) >= 11 is 0. The molecule has 2 atom stereocenters. The SMILES string of the molecule is CC(C)c1cc([C@@H]2CCCN2C(=O)NC[C@H]2CCCO2)on1. The van der Waals surface area contributed by atoms with Gasteiger partial charge in [0, 0.05) is 25.8 Å². The Morgan fingerprint density at radius 2 is 2.32 bits per heavy atom. The second kappa shape index (κ2) is 6.69. The van der Waals surface area contributed by atoms with Crippen LogP contribution in [0.25, 0.3) is 0 Å². The second-order valence-corrected chi connectivity index (χ2v) is 6.48. The number of carbonyl (C=O) groups is 1. The number of aromatic nitrogens is 1. The zero-order chi connectivity index (χ0) is 15.5. The Morgan fingerprint density at radius 3 is 3.00 bits per heavy atom. The molecule has 122 valence electrons. The van der Waals surface area contributed by atoms with Crippen LogP contribution in [0.1, 0.15) is 62.9 Å². The number of hydrogen-bond donors (Lipinski definition) is 1. The van der Waals surface area contributed by atoms with Crippen molar-refractivity contribution in [2.75, 3.05) is 19.7 Å². The predicted molar refractivity (Wildman–Crippen MR) is 81.6 cm³/mol. The van der Waals surface area contributed by atoms with Gasteiger partial charge in [-0.25, -0.2) is 4.79 Å². The van der Waals surface area contributed by atoms with Gasteiger partial charge in [-0.1, -0.05) is 19.0 Å². The molecule has 0 saturated carbocycles. The number of hydrogen-bond acceptors (Lipinski definition) is 4. The van der Waals surface area contributed by atoms with E-state index in [1.165, 1.54) is 0 Å². The first kappa shape index (κ1) is 15.3. The minimum absolute atomic E-state index is 0.00416. The van der Waals surface area contributed by atoms with Crippen LogP contribution in [0.4, 0.5) is 4.79 Å². The molecule has 3 heterocycles. The molecule has 0 spiro atoms. The van der Waals surface area contributed by atoms with Crippen LogP contribution in [0.2, 0.25) is 0 Å². The maximum atomic E-state index is 12.4. The van der Waals surface area contributed by atoms with E-state index < -0.39 is 0 Å². The van der Waals surface area contributed by atoms with Crippen LogP contribution in [0.15, 0.2) is 10.6 Å². The molecule has 6 nitrogen and oxygen atoms in total. The smallest absolute Gasteiger partial charge is 0.318 e. The fraction of sp³-hybridized carbons (Fsp3) is 0.750. The minimum atomic E-state index is -0.0273. The Labute approximate surface area is 131 Å². The summed E-state index contributed by atoms with van der Waals surface area (Å²) in [6.45, 7) is 6.34. The van der Waals surface area contributed by atoms with E-state index in [0.29, 0.717) is 12.5 Å². The normalized spacial score (nSPS) is 25.1. The summed E-state index contributed by atoms with van der Waals surface area (Å²) in [6, 6.07) is 1.96. The van der Waals surface area contributed by atoms with E-state index >= 15 is 0 Å². The number of urea groups is 1. The minimum Gasteiger partial charge on any atom is -0.376 e. The van der Waals surface area contributed by atoms with Crippen LogP contribution in [-0.4, -0.2) is 41.9 Å². The first-order valence-corrected chi connectivity index (χ1v) is 8.27. The predicted octanol–water partition coefficient (Wildman–Crippen LogP) is 2.82. The molecule has 2 fully saturated rings. The van der Waals surface area contributed by atoms with Gasteiger partial charge in [-0.05, 0) is 31.6 Å². The van der Waals surface area contributed by atoms with E-state index in [4.69, 9.17) is 9.26 Å². The number of rotatable bonds is 4. The number of nitrogens with one attached hydrogen (secondary N) is 1. The van der Waals surface area contributed by atoms with Crippen molar-refractivity contribution in [3.63, 3.8) is 0 Å². The number of likely N-dealkylation sites (tertiary alicyclic amines) is 1. The van der Waals surface area contributed by atoms with Gasteiger partial charge >= 0.3 is 6.03 Å². The average molecular weight is 307 g/mol. The molecular weight excluding hydrogens is 282 g/mol. The maximum absolute atomic E-state index is 12.4. The highest BCUT2D eigenvalue weighted by molar-refractivity contribution is 5.75. The molecule has 0 bridgehead atoms. The molecular formula is C16H25N3O3. The fourth-order valence-corrected chi connectivity index (χ4v) is 3.15. The van der Waals surface area contributed by atoms with Crippen LogP contribution in [0.3, 0.4) is 0 Å². The molecule has 1 aromatic heterocycles. The quantitative estimate of drug-likeness (QED) is 0.929.